The number of phenols is 2. The van der Waals surface area contributed by atoms with Gasteiger partial charge in [0, 0.05) is 6.07 Å². The molecule has 6 heteroatoms. The van der Waals surface area contributed by atoms with Crippen molar-refractivity contribution in [3.8, 4) is 23.0 Å². The maximum absolute atomic E-state index is 12.4. The Balaban J connectivity index is 2.12. The second-order valence-electron chi connectivity index (χ2n) is 4.91. The third-order valence-corrected chi connectivity index (χ3v) is 3.59. The molecule has 0 saturated carbocycles. The molecule has 3 rings (SSSR count). The Labute approximate surface area is 126 Å². The zero-order valence-corrected chi connectivity index (χ0v) is 11.7. The fourth-order valence-corrected chi connectivity index (χ4v) is 2.53. The van der Waals surface area contributed by atoms with E-state index in [2.05, 4.69) is 0 Å². The lowest BCUT2D eigenvalue weighted by molar-refractivity contribution is 0.0209. The number of carbonyl (C=O) groups excluding carboxylic acids is 1. The lowest BCUT2D eigenvalue weighted by atomic mass is 9.92. The van der Waals surface area contributed by atoms with Crippen LogP contribution in [0.4, 0.5) is 0 Å². The standard InChI is InChI=1S/C16H14O6/c1-21-16-9(17)7-10-11(13(16)19)12(18)14(20)15(22-10)8-5-3-2-4-6-8/h2-7,14-15,17,19-20H,1H3/t14-,15-/m0/s1. The van der Waals surface area contributed by atoms with Gasteiger partial charge in [-0.25, -0.2) is 0 Å². The summed E-state index contributed by atoms with van der Waals surface area (Å²) in [4.78, 5) is 12.4. The zero-order valence-electron chi connectivity index (χ0n) is 11.7. The maximum atomic E-state index is 12.4. The summed E-state index contributed by atoms with van der Waals surface area (Å²) in [5.41, 5.74) is 0.415. The van der Waals surface area contributed by atoms with Crippen LogP contribution in [0.2, 0.25) is 0 Å². The van der Waals surface area contributed by atoms with Crippen LogP contribution in [-0.4, -0.2) is 34.3 Å². The van der Waals surface area contributed by atoms with Gasteiger partial charge < -0.3 is 24.8 Å². The van der Waals surface area contributed by atoms with Gasteiger partial charge in [0.1, 0.15) is 11.3 Å². The van der Waals surface area contributed by atoms with E-state index in [1.165, 1.54) is 13.2 Å². The van der Waals surface area contributed by atoms with Gasteiger partial charge in [-0.1, -0.05) is 30.3 Å². The Morgan fingerprint density at radius 3 is 2.50 bits per heavy atom. The molecule has 1 aliphatic heterocycles. The summed E-state index contributed by atoms with van der Waals surface area (Å²) >= 11 is 0. The van der Waals surface area contributed by atoms with E-state index >= 15 is 0 Å². The molecule has 22 heavy (non-hydrogen) atoms. The first-order valence-corrected chi connectivity index (χ1v) is 6.61. The molecule has 0 aromatic heterocycles. The van der Waals surface area contributed by atoms with Gasteiger partial charge in [0.2, 0.25) is 11.5 Å². The van der Waals surface area contributed by atoms with Crippen molar-refractivity contribution in [1.82, 2.24) is 0 Å². The highest BCUT2D eigenvalue weighted by atomic mass is 16.5. The number of hydrogen-bond donors (Lipinski definition) is 3. The molecule has 114 valence electrons. The summed E-state index contributed by atoms with van der Waals surface area (Å²) in [6, 6.07) is 9.94. The minimum absolute atomic E-state index is 0.0000435. The van der Waals surface area contributed by atoms with E-state index in [0.717, 1.165) is 0 Å². The van der Waals surface area contributed by atoms with Gasteiger partial charge in [0.05, 0.1) is 7.11 Å². The van der Waals surface area contributed by atoms with E-state index in [1.807, 2.05) is 0 Å². The van der Waals surface area contributed by atoms with E-state index in [1.54, 1.807) is 30.3 Å². The van der Waals surface area contributed by atoms with E-state index in [-0.39, 0.29) is 22.8 Å². The number of aliphatic hydroxyl groups excluding tert-OH is 1. The fourth-order valence-electron chi connectivity index (χ4n) is 2.53. The van der Waals surface area contributed by atoms with Gasteiger partial charge in [-0.05, 0) is 5.56 Å². The third kappa shape index (κ3) is 2.05. The summed E-state index contributed by atoms with van der Waals surface area (Å²) in [7, 11) is 1.25. The summed E-state index contributed by atoms with van der Waals surface area (Å²) in [6.45, 7) is 0. The van der Waals surface area contributed by atoms with Crippen LogP contribution in [0.15, 0.2) is 36.4 Å². The number of methoxy groups -OCH3 is 1. The lowest BCUT2D eigenvalue weighted by Gasteiger charge is -2.30. The lowest BCUT2D eigenvalue weighted by Crippen LogP contribution is -2.36. The van der Waals surface area contributed by atoms with Gasteiger partial charge in [-0.3, -0.25) is 4.79 Å². The molecule has 3 N–H and O–H groups in total. The Hall–Kier alpha value is -2.73. The topological polar surface area (TPSA) is 96.2 Å². The Bertz CT molecular complexity index is 725. The van der Waals surface area contributed by atoms with Crippen molar-refractivity contribution >= 4 is 5.78 Å². The van der Waals surface area contributed by atoms with Gasteiger partial charge >= 0.3 is 0 Å². The summed E-state index contributed by atoms with van der Waals surface area (Å²) < 4.78 is 10.5. The van der Waals surface area contributed by atoms with Gasteiger partial charge in [-0.2, -0.15) is 0 Å². The predicted molar refractivity (Wildman–Crippen MR) is 76.5 cm³/mol. The highest BCUT2D eigenvalue weighted by molar-refractivity contribution is 6.06. The number of phenolic OH excluding ortho intramolecular Hbond substituents is 2. The zero-order chi connectivity index (χ0) is 15.9. The maximum Gasteiger partial charge on any atom is 0.203 e. The highest BCUT2D eigenvalue weighted by Crippen LogP contribution is 2.48. The van der Waals surface area contributed by atoms with Crippen LogP contribution in [-0.2, 0) is 0 Å². The molecule has 0 aliphatic carbocycles. The average Bonchev–Trinajstić information content (AvgIpc) is 2.51. The largest absolute Gasteiger partial charge is 0.504 e. The summed E-state index contributed by atoms with van der Waals surface area (Å²) in [5.74, 6) is -1.82. The minimum atomic E-state index is -1.46. The smallest absolute Gasteiger partial charge is 0.203 e. The Kier molecular flexibility index (Phi) is 3.38. The van der Waals surface area contributed by atoms with Crippen LogP contribution in [0, 0.1) is 0 Å². The molecular weight excluding hydrogens is 288 g/mol. The molecule has 0 saturated heterocycles. The van der Waals surface area contributed by atoms with E-state index in [9.17, 15) is 20.1 Å². The van der Waals surface area contributed by atoms with Crippen molar-refractivity contribution in [1.29, 1.82) is 0 Å². The van der Waals surface area contributed by atoms with Gasteiger partial charge in [0.15, 0.2) is 23.7 Å². The number of benzene rings is 2. The molecule has 0 amide bonds. The molecule has 0 unspecified atom stereocenters. The predicted octanol–water partition coefficient (Wildman–Crippen LogP) is 1.78. The van der Waals surface area contributed by atoms with E-state index in [0.29, 0.717) is 5.56 Å². The number of aliphatic hydroxyl groups is 1. The minimum Gasteiger partial charge on any atom is -0.504 e. The first-order chi connectivity index (χ1) is 10.5. The SMILES string of the molecule is COc1c(O)cc2c(c1O)C(=O)[C@H](O)[C@H](c1ccccc1)O2. The number of carbonyl (C=O) groups is 1. The van der Waals surface area contributed by atoms with Crippen LogP contribution < -0.4 is 9.47 Å². The van der Waals surface area contributed by atoms with E-state index < -0.39 is 23.7 Å². The Morgan fingerprint density at radius 1 is 1.18 bits per heavy atom. The molecule has 0 bridgehead atoms. The molecule has 0 radical (unpaired) electrons. The van der Waals surface area contributed by atoms with Crippen LogP contribution in [0.1, 0.15) is 22.0 Å². The third-order valence-electron chi connectivity index (χ3n) is 3.59. The number of ketones is 1. The number of aromatic hydroxyl groups is 2. The molecule has 0 spiro atoms. The van der Waals surface area contributed by atoms with Crippen LogP contribution in [0.5, 0.6) is 23.0 Å². The monoisotopic (exact) mass is 302 g/mol. The second kappa shape index (κ2) is 5.23. The molecule has 1 heterocycles. The van der Waals surface area contributed by atoms with Crippen molar-refractivity contribution in [3.05, 3.63) is 47.5 Å². The summed E-state index contributed by atoms with van der Waals surface area (Å²) in [6.07, 6.45) is -2.37. The first-order valence-electron chi connectivity index (χ1n) is 6.61. The fraction of sp³-hybridized carbons (Fsp3) is 0.188. The van der Waals surface area contributed by atoms with Crippen LogP contribution in [0.25, 0.3) is 0 Å². The van der Waals surface area contributed by atoms with Gasteiger partial charge in [-0.15, -0.1) is 0 Å². The number of hydrogen-bond acceptors (Lipinski definition) is 6. The highest BCUT2D eigenvalue weighted by Gasteiger charge is 2.40. The van der Waals surface area contributed by atoms with Crippen molar-refractivity contribution in [2.24, 2.45) is 0 Å². The second-order valence-corrected chi connectivity index (χ2v) is 4.91. The molecule has 6 nitrogen and oxygen atoms in total. The van der Waals surface area contributed by atoms with Crippen molar-refractivity contribution in [3.63, 3.8) is 0 Å². The van der Waals surface area contributed by atoms with Crippen LogP contribution >= 0.6 is 0 Å². The van der Waals surface area contributed by atoms with Crippen molar-refractivity contribution < 1.29 is 29.6 Å². The normalized spacial score (nSPS) is 20.2. The average molecular weight is 302 g/mol. The number of ether oxygens (including phenoxy) is 2. The number of rotatable bonds is 2. The van der Waals surface area contributed by atoms with Crippen LogP contribution in [0.3, 0.4) is 0 Å². The number of fused-ring (bicyclic) bond motifs is 1. The molecule has 1 aliphatic rings. The van der Waals surface area contributed by atoms with Crippen molar-refractivity contribution in [2.45, 2.75) is 12.2 Å². The van der Waals surface area contributed by atoms with E-state index in [4.69, 9.17) is 9.47 Å². The quantitative estimate of drug-likeness (QED) is 0.782. The Morgan fingerprint density at radius 2 is 1.86 bits per heavy atom. The first kappa shape index (κ1) is 14.2. The van der Waals surface area contributed by atoms with Gasteiger partial charge in [0.25, 0.3) is 0 Å². The number of Topliss-reactive ketones (excluding diaryl/α,β-unsaturated/α-hetero) is 1. The molecule has 2 aromatic carbocycles. The molecule has 2 aromatic rings. The molecule has 0 fully saturated rings. The summed E-state index contributed by atoms with van der Waals surface area (Å²) in [5, 5.41) is 30.1. The molecular formula is C16H14O6. The molecule has 2 atom stereocenters. The van der Waals surface area contributed by atoms with Crippen molar-refractivity contribution in [2.75, 3.05) is 7.11 Å².